The highest BCUT2D eigenvalue weighted by Crippen LogP contribution is 2.23. The van der Waals surface area contributed by atoms with Crippen molar-refractivity contribution in [2.45, 2.75) is 18.9 Å². The zero-order valence-electron chi connectivity index (χ0n) is 16.1. The Labute approximate surface area is 161 Å². The standard InChI is InChI=1S/C22H28N2O3/c1-25-20-9-5-18(6-10-20)4-3-15-27-22(16-24-14-13-23-17-24)19-7-11-21(26-2)12-8-19/h5-12,17,22H,3-4,13-16H2,1-2H3. The molecule has 0 spiro atoms. The number of benzene rings is 2. The highest BCUT2D eigenvalue weighted by atomic mass is 16.5. The fraction of sp³-hybridized carbons (Fsp3) is 0.409. The Morgan fingerprint density at radius 3 is 2.22 bits per heavy atom. The molecule has 2 aromatic carbocycles. The number of methoxy groups -OCH3 is 2. The van der Waals surface area contributed by atoms with Crippen LogP contribution < -0.4 is 9.47 Å². The van der Waals surface area contributed by atoms with Gasteiger partial charge in [-0.25, -0.2) is 0 Å². The normalized spacial score (nSPS) is 14.4. The third-order valence-electron chi connectivity index (χ3n) is 4.74. The SMILES string of the molecule is COc1ccc(CCCOC(CN2C=NCC2)c2ccc(OC)cc2)cc1. The molecule has 144 valence electrons. The summed E-state index contributed by atoms with van der Waals surface area (Å²) >= 11 is 0. The summed E-state index contributed by atoms with van der Waals surface area (Å²) in [6.45, 7) is 3.36. The first kappa shape index (κ1) is 19.2. The minimum atomic E-state index is 0.0244. The molecule has 0 aromatic heterocycles. The highest BCUT2D eigenvalue weighted by molar-refractivity contribution is 5.57. The average Bonchev–Trinajstić information content (AvgIpc) is 3.24. The molecule has 5 nitrogen and oxygen atoms in total. The fourth-order valence-corrected chi connectivity index (χ4v) is 3.14. The molecule has 0 fully saturated rings. The summed E-state index contributed by atoms with van der Waals surface area (Å²) < 4.78 is 16.7. The Hall–Kier alpha value is -2.53. The summed E-state index contributed by atoms with van der Waals surface area (Å²) in [5.41, 5.74) is 2.47. The minimum Gasteiger partial charge on any atom is -0.497 e. The van der Waals surface area contributed by atoms with E-state index in [1.54, 1.807) is 14.2 Å². The molecule has 5 heteroatoms. The lowest BCUT2D eigenvalue weighted by Crippen LogP contribution is -2.27. The van der Waals surface area contributed by atoms with Gasteiger partial charge in [0.2, 0.25) is 0 Å². The van der Waals surface area contributed by atoms with Gasteiger partial charge in [0.1, 0.15) is 11.5 Å². The Morgan fingerprint density at radius 2 is 1.63 bits per heavy atom. The Kier molecular flexibility index (Phi) is 7.11. The van der Waals surface area contributed by atoms with Crippen molar-refractivity contribution in [3.05, 3.63) is 59.7 Å². The smallest absolute Gasteiger partial charge is 0.118 e. The first-order chi connectivity index (χ1) is 13.3. The maximum atomic E-state index is 6.26. The quantitative estimate of drug-likeness (QED) is 0.599. The van der Waals surface area contributed by atoms with Crippen LogP contribution in [0.15, 0.2) is 53.5 Å². The number of hydrogen-bond donors (Lipinski definition) is 0. The molecule has 1 aliphatic rings. The van der Waals surface area contributed by atoms with E-state index in [-0.39, 0.29) is 6.10 Å². The van der Waals surface area contributed by atoms with Crippen molar-refractivity contribution < 1.29 is 14.2 Å². The van der Waals surface area contributed by atoms with Gasteiger partial charge in [-0.05, 0) is 48.2 Å². The van der Waals surface area contributed by atoms with Crippen molar-refractivity contribution in [2.75, 3.05) is 40.5 Å². The predicted octanol–water partition coefficient (Wildman–Crippen LogP) is 3.74. The molecule has 0 bridgehead atoms. The van der Waals surface area contributed by atoms with E-state index in [0.29, 0.717) is 6.61 Å². The number of ether oxygens (including phenoxy) is 3. The number of rotatable bonds is 10. The fourth-order valence-electron chi connectivity index (χ4n) is 3.14. The summed E-state index contributed by atoms with van der Waals surface area (Å²) in [4.78, 5) is 6.52. The van der Waals surface area contributed by atoms with Gasteiger partial charge in [0.05, 0.1) is 33.2 Å². The molecule has 3 rings (SSSR count). The molecule has 0 saturated heterocycles. The van der Waals surface area contributed by atoms with E-state index in [4.69, 9.17) is 14.2 Å². The van der Waals surface area contributed by atoms with Crippen molar-refractivity contribution in [1.82, 2.24) is 4.90 Å². The highest BCUT2D eigenvalue weighted by Gasteiger charge is 2.17. The summed E-state index contributed by atoms with van der Waals surface area (Å²) in [5.74, 6) is 1.75. The molecule has 1 unspecified atom stereocenters. The molecule has 0 amide bonds. The van der Waals surface area contributed by atoms with Gasteiger partial charge in [0.25, 0.3) is 0 Å². The molecule has 0 aliphatic carbocycles. The number of aryl methyl sites for hydroxylation is 1. The van der Waals surface area contributed by atoms with E-state index in [2.05, 4.69) is 34.2 Å². The van der Waals surface area contributed by atoms with Crippen LogP contribution in [0.2, 0.25) is 0 Å². The third kappa shape index (κ3) is 5.73. The lowest BCUT2D eigenvalue weighted by molar-refractivity contribution is 0.0384. The van der Waals surface area contributed by atoms with Crippen LogP contribution in [0, 0.1) is 0 Å². The molecular weight excluding hydrogens is 340 g/mol. The van der Waals surface area contributed by atoms with E-state index in [9.17, 15) is 0 Å². The van der Waals surface area contributed by atoms with Crippen molar-refractivity contribution in [3.8, 4) is 11.5 Å². The van der Waals surface area contributed by atoms with Gasteiger partial charge in [-0.15, -0.1) is 0 Å². The van der Waals surface area contributed by atoms with Gasteiger partial charge >= 0.3 is 0 Å². The van der Waals surface area contributed by atoms with Crippen LogP contribution in [0.5, 0.6) is 11.5 Å². The third-order valence-corrected chi connectivity index (χ3v) is 4.74. The Balaban J connectivity index is 1.54. The predicted molar refractivity (Wildman–Crippen MR) is 108 cm³/mol. The number of nitrogens with zero attached hydrogens (tertiary/aromatic N) is 2. The van der Waals surface area contributed by atoms with E-state index < -0.39 is 0 Å². The van der Waals surface area contributed by atoms with Crippen LogP contribution in [0.1, 0.15) is 23.7 Å². The van der Waals surface area contributed by atoms with Crippen molar-refractivity contribution in [3.63, 3.8) is 0 Å². The lowest BCUT2D eigenvalue weighted by atomic mass is 10.1. The van der Waals surface area contributed by atoms with Crippen LogP contribution in [-0.4, -0.2) is 51.7 Å². The van der Waals surface area contributed by atoms with E-state index in [1.807, 2.05) is 30.6 Å². The van der Waals surface area contributed by atoms with E-state index >= 15 is 0 Å². The van der Waals surface area contributed by atoms with Gasteiger partial charge in [-0.3, -0.25) is 4.99 Å². The molecule has 0 radical (unpaired) electrons. The topological polar surface area (TPSA) is 43.3 Å². The van der Waals surface area contributed by atoms with Crippen LogP contribution in [-0.2, 0) is 11.2 Å². The number of hydrogen-bond acceptors (Lipinski definition) is 5. The largest absolute Gasteiger partial charge is 0.497 e. The molecule has 27 heavy (non-hydrogen) atoms. The maximum Gasteiger partial charge on any atom is 0.118 e. The first-order valence-electron chi connectivity index (χ1n) is 9.41. The Bertz CT molecular complexity index is 713. The van der Waals surface area contributed by atoms with Gasteiger partial charge in [-0.2, -0.15) is 0 Å². The van der Waals surface area contributed by atoms with Gasteiger partial charge in [0, 0.05) is 19.7 Å². The molecule has 1 heterocycles. The summed E-state index contributed by atoms with van der Waals surface area (Å²) in [5, 5.41) is 0. The molecule has 0 N–H and O–H groups in total. The summed E-state index contributed by atoms with van der Waals surface area (Å²) in [6, 6.07) is 16.4. The molecular formula is C22H28N2O3. The van der Waals surface area contributed by atoms with Crippen LogP contribution in [0.25, 0.3) is 0 Å². The number of aliphatic imine (C=N–C) groups is 1. The molecule has 0 saturated carbocycles. The van der Waals surface area contributed by atoms with Crippen molar-refractivity contribution in [2.24, 2.45) is 4.99 Å². The second-order valence-corrected chi connectivity index (χ2v) is 6.60. The van der Waals surface area contributed by atoms with E-state index in [1.165, 1.54) is 11.1 Å². The summed E-state index contributed by atoms with van der Waals surface area (Å²) in [6.07, 6.45) is 3.92. The zero-order valence-corrected chi connectivity index (χ0v) is 16.1. The zero-order chi connectivity index (χ0) is 18.9. The molecule has 1 atom stereocenters. The monoisotopic (exact) mass is 368 g/mol. The van der Waals surface area contributed by atoms with Crippen molar-refractivity contribution in [1.29, 1.82) is 0 Å². The van der Waals surface area contributed by atoms with Gasteiger partial charge in [-0.1, -0.05) is 24.3 Å². The van der Waals surface area contributed by atoms with Gasteiger partial charge in [0.15, 0.2) is 0 Å². The molecule has 1 aliphatic heterocycles. The first-order valence-corrected chi connectivity index (χ1v) is 9.41. The Morgan fingerprint density at radius 1 is 0.963 bits per heavy atom. The lowest BCUT2D eigenvalue weighted by Gasteiger charge is -2.24. The van der Waals surface area contributed by atoms with Crippen LogP contribution in [0.3, 0.4) is 0 Å². The van der Waals surface area contributed by atoms with Crippen molar-refractivity contribution >= 4 is 6.34 Å². The van der Waals surface area contributed by atoms with E-state index in [0.717, 1.165) is 44.0 Å². The second kappa shape index (κ2) is 9.97. The second-order valence-electron chi connectivity index (χ2n) is 6.60. The van der Waals surface area contributed by atoms with Gasteiger partial charge < -0.3 is 19.1 Å². The average molecular weight is 368 g/mol. The van der Waals surface area contributed by atoms with Crippen LogP contribution in [0.4, 0.5) is 0 Å². The molecule has 2 aromatic rings. The van der Waals surface area contributed by atoms with Crippen LogP contribution >= 0.6 is 0 Å². The summed E-state index contributed by atoms with van der Waals surface area (Å²) in [7, 11) is 3.37. The minimum absolute atomic E-state index is 0.0244. The maximum absolute atomic E-state index is 6.26.